The monoisotopic (exact) mass is 337 g/mol. The molecule has 2 amide bonds. The molecule has 0 aliphatic carbocycles. The topological polar surface area (TPSA) is 70.2 Å². The van der Waals surface area contributed by atoms with Gasteiger partial charge in [0.25, 0.3) is 0 Å². The van der Waals surface area contributed by atoms with Gasteiger partial charge in [-0.1, -0.05) is 42.0 Å². The summed E-state index contributed by atoms with van der Waals surface area (Å²) in [6, 6.07) is 9.27. The quantitative estimate of drug-likeness (QED) is 0.692. The van der Waals surface area contributed by atoms with E-state index in [-0.39, 0.29) is 36.7 Å². The molecule has 23 heavy (non-hydrogen) atoms. The van der Waals surface area contributed by atoms with E-state index in [2.05, 4.69) is 22.0 Å². The van der Waals surface area contributed by atoms with Gasteiger partial charge in [0.15, 0.2) is 0 Å². The van der Waals surface area contributed by atoms with Gasteiger partial charge in [-0.25, -0.2) is 0 Å². The van der Waals surface area contributed by atoms with E-state index in [0.717, 1.165) is 25.1 Å². The Hall–Kier alpha value is -1.85. The largest absolute Gasteiger partial charge is 0.352 e. The molecule has 0 fully saturated rings. The van der Waals surface area contributed by atoms with Crippen molar-refractivity contribution in [2.75, 3.05) is 19.6 Å². The maximum atomic E-state index is 12.1. The molecule has 1 aromatic carbocycles. The maximum absolute atomic E-state index is 12.1. The molecule has 0 saturated heterocycles. The Morgan fingerprint density at radius 2 is 2.00 bits per heavy atom. The third kappa shape index (κ3) is 6.84. The summed E-state index contributed by atoms with van der Waals surface area (Å²) >= 11 is 0. The molecule has 2 rings (SSSR count). The average Bonchev–Trinajstić information content (AvgIpc) is 2.54. The van der Waals surface area contributed by atoms with Crippen molar-refractivity contribution in [3.63, 3.8) is 0 Å². The average molecular weight is 338 g/mol. The van der Waals surface area contributed by atoms with Gasteiger partial charge in [-0.3, -0.25) is 9.59 Å². The molecule has 0 spiro atoms. The van der Waals surface area contributed by atoms with Crippen LogP contribution in [0.25, 0.3) is 0 Å². The fourth-order valence-electron chi connectivity index (χ4n) is 2.48. The van der Waals surface area contributed by atoms with E-state index < -0.39 is 0 Å². The Morgan fingerprint density at radius 1 is 1.26 bits per heavy atom. The molecule has 1 atom stereocenters. The predicted octanol–water partition coefficient (Wildman–Crippen LogP) is 1.71. The van der Waals surface area contributed by atoms with Gasteiger partial charge in [-0.2, -0.15) is 0 Å². The minimum atomic E-state index is -0.291. The van der Waals surface area contributed by atoms with E-state index >= 15 is 0 Å². The Labute approximate surface area is 143 Å². The van der Waals surface area contributed by atoms with Crippen molar-refractivity contribution in [2.24, 2.45) is 0 Å². The Balaban J connectivity index is 0.00000264. The molecule has 126 valence electrons. The first-order valence-corrected chi connectivity index (χ1v) is 7.62. The number of nitrogens with one attached hydrogen (secondary N) is 3. The van der Waals surface area contributed by atoms with Crippen molar-refractivity contribution < 1.29 is 9.59 Å². The lowest BCUT2D eigenvalue weighted by molar-refractivity contribution is -0.122. The molecule has 1 heterocycles. The fourth-order valence-corrected chi connectivity index (χ4v) is 2.48. The molecule has 5 nitrogen and oxygen atoms in total. The van der Waals surface area contributed by atoms with Gasteiger partial charge in [-0.15, -0.1) is 12.4 Å². The fraction of sp³-hybridized carbons (Fsp3) is 0.412. The van der Waals surface area contributed by atoms with Crippen LogP contribution in [-0.2, 0) is 9.59 Å². The van der Waals surface area contributed by atoms with Crippen molar-refractivity contribution >= 4 is 24.2 Å². The summed E-state index contributed by atoms with van der Waals surface area (Å²) in [5.41, 5.74) is 2.19. The molecule has 1 aliphatic rings. The second kappa shape index (κ2) is 10.0. The number of rotatable bonds is 6. The van der Waals surface area contributed by atoms with Crippen LogP contribution in [0.15, 0.2) is 42.0 Å². The van der Waals surface area contributed by atoms with Crippen LogP contribution in [0.4, 0.5) is 0 Å². The second-order valence-corrected chi connectivity index (χ2v) is 5.46. The zero-order valence-corrected chi connectivity index (χ0v) is 14.1. The first-order valence-electron chi connectivity index (χ1n) is 7.62. The molecular weight excluding hydrogens is 314 g/mol. The number of benzene rings is 1. The Morgan fingerprint density at radius 3 is 2.61 bits per heavy atom. The molecule has 0 aromatic heterocycles. The lowest BCUT2D eigenvalue weighted by Gasteiger charge is -2.19. The number of halogens is 1. The van der Waals surface area contributed by atoms with E-state index in [0.29, 0.717) is 6.54 Å². The zero-order chi connectivity index (χ0) is 15.8. The molecular formula is C17H24ClN3O2. The van der Waals surface area contributed by atoms with Crippen LogP contribution in [0.3, 0.4) is 0 Å². The lowest BCUT2D eigenvalue weighted by atomic mass is 10.0. The van der Waals surface area contributed by atoms with Crippen LogP contribution in [0.2, 0.25) is 0 Å². The highest BCUT2D eigenvalue weighted by Gasteiger charge is 2.17. The van der Waals surface area contributed by atoms with Gasteiger partial charge in [0.2, 0.25) is 11.8 Å². The summed E-state index contributed by atoms with van der Waals surface area (Å²) in [6.07, 6.45) is 3.33. The van der Waals surface area contributed by atoms with E-state index in [1.165, 1.54) is 12.5 Å². The van der Waals surface area contributed by atoms with Crippen molar-refractivity contribution in [2.45, 2.75) is 25.8 Å². The van der Waals surface area contributed by atoms with E-state index in [4.69, 9.17) is 0 Å². The summed E-state index contributed by atoms with van der Waals surface area (Å²) in [5, 5.41) is 9.02. The number of hydrogen-bond acceptors (Lipinski definition) is 3. The van der Waals surface area contributed by atoms with Crippen LogP contribution in [0, 0.1) is 0 Å². The summed E-state index contributed by atoms with van der Waals surface area (Å²) in [6.45, 7) is 3.87. The standard InChI is InChI=1S/C17H23N3O2.ClH/c1-13(21)20-16(15-5-3-2-4-6-15)11-17(22)19-12-14-7-9-18-10-8-14;/h2-7,16,18H,8-12H2,1H3,(H,19,22)(H,20,21);1H. The van der Waals surface area contributed by atoms with Crippen LogP contribution < -0.4 is 16.0 Å². The zero-order valence-electron chi connectivity index (χ0n) is 13.3. The Kier molecular flexibility index (Phi) is 8.37. The van der Waals surface area contributed by atoms with Gasteiger partial charge in [-0.05, 0) is 18.5 Å². The van der Waals surface area contributed by atoms with E-state index in [9.17, 15) is 9.59 Å². The van der Waals surface area contributed by atoms with Gasteiger partial charge in [0.1, 0.15) is 0 Å². The third-order valence-corrected chi connectivity index (χ3v) is 3.64. The Bertz CT molecular complexity index is 546. The molecule has 0 radical (unpaired) electrons. The molecule has 1 unspecified atom stereocenters. The van der Waals surface area contributed by atoms with Gasteiger partial charge < -0.3 is 16.0 Å². The molecule has 3 N–H and O–H groups in total. The second-order valence-electron chi connectivity index (χ2n) is 5.46. The van der Waals surface area contributed by atoms with Gasteiger partial charge in [0, 0.05) is 20.0 Å². The normalized spacial score (nSPS) is 14.9. The summed E-state index contributed by atoms with van der Waals surface area (Å²) in [5.74, 6) is -0.190. The lowest BCUT2D eigenvalue weighted by Crippen LogP contribution is -2.34. The van der Waals surface area contributed by atoms with Crippen LogP contribution in [0.5, 0.6) is 0 Å². The number of amides is 2. The minimum absolute atomic E-state index is 0. The summed E-state index contributed by atoms with van der Waals surface area (Å²) < 4.78 is 0. The highest BCUT2D eigenvalue weighted by atomic mass is 35.5. The van der Waals surface area contributed by atoms with Crippen LogP contribution in [0.1, 0.15) is 31.4 Å². The van der Waals surface area contributed by atoms with Crippen LogP contribution in [-0.4, -0.2) is 31.4 Å². The molecule has 1 aromatic rings. The third-order valence-electron chi connectivity index (χ3n) is 3.64. The minimum Gasteiger partial charge on any atom is -0.352 e. The maximum Gasteiger partial charge on any atom is 0.222 e. The van der Waals surface area contributed by atoms with Crippen molar-refractivity contribution in [1.29, 1.82) is 0 Å². The predicted molar refractivity (Wildman–Crippen MR) is 93.4 cm³/mol. The number of carbonyl (C=O) groups excluding carboxylic acids is 2. The highest BCUT2D eigenvalue weighted by Crippen LogP contribution is 2.16. The summed E-state index contributed by atoms with van der Waals surface area (Å²) in [4.78, 5) is 23.5. The van der Waals surface area contributed by atoms with Crippen molar-refractivity contribution in [3.05, 3.63) is 47.5 Å². The number of hydrogen-bond donors (Lipinski definition) is 3. The van der Waals surface area contributed by atoms with Crippen molar-refractivity contribution in [3.8, 4) is 0 Å². The van der Waals surface area contributed by atoms with Gasteiger partial charge >= 0.3 is 0 Å². The van der Waals surface area contributed by atoms with Crippen LogP contribution >= 0.6 is 12.4 Å². The first-order chi connectivity index (χ1) is 10.6. The summed E-state index contributed by atoms with van der Waals surface area (Å²) in [7, 11) is 0. The van der Waals surface area contributed by atoms with E-state index in [1.807, 2.05) is 30.3 Å². The van der Waals surface area contributed by atoms with E-state index in [1.54, 1.807) is 0 Å². The number of carbonyl (C=O) groups is 2. The molecule has 0 bridgehead atoms. The molecule has 0 saturated carbocycles. The van der Waals surface area contributed by atoms with Gasteiger partial charge in [0.05, 0.1) is 12.5 Å². The molecule has 1 aliphatic heterocycles. The highest BCUT2D eigenvalue weighted by molar-refractivity contribution is 5.85. The van der Waals surface area contributed by atoms with Crippen molar-refractivity contribution in [1.82, 2.24) is 16.0 Å². The first kappa shape index (κ1) is 19.2. The smallest absolute Gasteiger partial charge is 0.222 e. The SMILES string of the molecule is CC(=O)NC(CC(=O)NCC1=CCNCC1)c1ccccc1.Cl. The molecule has 6 heteroatoms.